The van der Waals surface area contributed by atoms with Gasteiger partial charge in [0.05, 0.1) is 17.5 Å². The lowest BCUT2D eigenvalue weighted by Gasteiger charge is -2.35. The van der Waals surface area contributed by atoms with Crippen LogP contribution in [0.25, 0.3) is 0 Å². The molecular weight excluding hydrogens is 548 g/mol. The van der Waals surface area contributed by atoms with Gasteiger partial charge in [-0.15, -0.1) is 0 Å². The molecule has 13 heteroatoms. The lowest BCUT2D eigenvalue weighted by molar-refractivity contribution is -0.137. The van der Waals surface area contributed by atoms with E-state index >= 15 is 0 Å². The van der Waals surface area contributed by atoms with Crippen molar-refractivity contribution >= 4 is 29.3 Å². The van der Waals surface area contributed by atoms with E-state index in [-0.39, 0.29) is 35.2 Å². The molecule has 0 unspecified atom stereocenters. The summed E-state index contributed by atoms with van der Waals surface area (Å²) in [6, 6.07) is 8.22. The summed E-state index contributed by atoms with van der Waals surface area (Å²) in [5.41, 5.74) is -1.96. The second-order valence-corrected chi connectivity index (χ2v) is 9.59. The number of hydrogen-bond acceptors (Lipinski definition) is 5. The molecule has 1 atom stereocenters. The number of carboxylic acids is 1. The largest absolute Gasteiger partial charge is 0.476 e. The molecule has 0 radical (unpaired) electrons. The molecule has 1 N–H and O–H groups in total. The number of aromatic carboxylic acids is 1. The van der Waals surface area contributed by atoms with E-state index in [1.807, 2.05) is 0 Å². The van der Waals surface area contributed by atoms with Gasteiger partial charge in [-0.3, -0.25) is 14.5 Å². The number of rotatable bonds is 5. The van der Waals surface area contributed by atoms with Gasteiger partial charge in [-0.1, -0.05) is 18.2 Å². The monoisotopic (exact) mass is 572 g/mol. The quantitative estimate of drug-likeness (QED) is 0.437. The van der Waals surface area contributed by atoms with Crippen LogP contribution in [0.15, 0.2) is 53.5 Å². The Morgan fingerprint density at radius 3 is 2.41 bits per heavy atom. The number of amides is 2. The Morgan fingerprint density at radius 1 is 1.12 bits per heavy atom. The van der Waals surface area contributed by atoms with Crippen LogP contribution in [0.3, 0.4) is 0 Å². The topological polar surface area (TPSA) is 114 Å². The van der Waals surface area contributed by atoms with E-state index in [2.05, 4.69) is 10.1 Å². The molecule has 2 aliphatic rings. The maximum atomic E-state index is 14.0. The van der Waals surface area contributed by atoms with Crippen LogP contribution < -0.4 is 4.90 Å². The van der Waals surface area contributed by atoms with Crippen molar-refractivity contribution in [3.05, 3.63) is 82.3 Å². The molecule has 2 amide bonds. The number of carbonyl (C=O) groups excluding carboxylic acids is 2. The minimum Gasteiger partial charge on any atom is -0.476 e. The third kappa shape index (κ3) is 5.24. The summed E-state index contributed by atoms with van der Waals surface area (Å²) < 4.78 is 60.7. The number of ether oxygens (including phenoxy) is 1. The Morgan fingerprint density at radius 2 is 1.80 bits per heavy atom. The molecule has 1 aromatic heterocycles. The predicted octanol–water partition coefficient (Wildman–Crippen LogP) is 4.87. The van der Waals surface area contributed by atoms with Gasteiger partial charge < -0.3 is 9.84 Å². The second kappa shape index (κ2) is 10.9. The van der Waals surface area contributed by atoms with Crippen LogP contribution in [0.1, 0.15) is 69.3 Å². The summed E-state index contributed by atoms with van der Waals surface area (Å²) in [6.45, 7) is 2.50. The van der Waals surface area contributed by atoms with E-state index in [9.17, 15) is 37.1 Å². The van der Waals surface area contributed by atoms with Gasteiger partial charge >= 0.3 is 12.1 Å². The number of benzene rings is 2. The number of carboxylic acid groups (broad SMARTS) is 1. The van der Waals surface area contributed by atoms with Gasteiger partial charge in [0, 0.05) is 30.9 Å². The fourth-order valence-electron chi connectivity index (χ4n) is 5.20. The highest BCUT2D eigenvalue weighted by Gasteiger charge is 2.45. The van der Waals surface area contributed by atoms with Crippen LogP contribution in [0.5, 0.6) is 0 Å². The average Bonchev–Trinajstić information content (AvgIpc) is 3.34. The van der Waals surface area contributed by atoms with E-state index < -0.39 is 52.5 Å². The fraction of sp³-hybridized carbons (Fsp3) is 0.321. The van der Waals surface area contributed by atoms with E-state index in [1.54, 1.807) is 6.92 Å². The van der Waals surface area contributed by atoms with E-state index in [0.29, 0.717) is 32.1 Å². The first-order valence-electron chi connectivity index (χ1n) is 12.8. The highest BCUT2D eigenvalue weighted by atomic mass is 19.4. The summed E-state index contributed by atoms with van der Waals surface area (Å²) in [5.74, 6) is -4.93. The maximum absolute atomic E-state index is 14.0. The lowest BCUT2D eigenvalue weighted by atomic mass is 9.83. The number of hydrogen-bond donors (Lipinski definition) is 1. The van der Waals surface area contributed by atoms with Crippen LogP contribution in [-0.2, 0) is 15.7 Å². The maximum Gasteiger partial charge on any atom is 0.416 e. The van der Waals surface area contributed by atoms with Gasteiger partial charge in [-0.05, 0) is 55.7 Å². The molecule has 3 aromatic rings. The third-order valence-electron chi connectivity index (χ3n) is 7.12. The number of carbonyl (C=O) groups is 3. The Hall–Kier alpha value is -4.39. The predicted molar refractivity (Wildman–Crippen MR) is 138 cm³/mol. The first-order valence-corrected chi connectivity index (χ1v) is 12.8. The molecule has 3 heterocycles. The van der Waals surface area contributed by atoms with E-state index in [0.717, 1.165) is 30.3 Å². The van der Waals surface area contributed by atoms with Crippen LogP contribution in [0.4, 0.5) is 23.4 Å². The minimum absolute atomic E-state index is 0.0483. The Kier molecular flexibility index (Phi) is 7.47. The molecule has 0 aliphatic carbocycles. The smallest absolute Gasteiger partial charge is 0.416 e. The molecule has 214 valence electrons. The normalized spacial score (nSPS) is 19.0. The van der Waals surface area contributed by atoms with Crippen LogP contribution in [-0.4, -0.2) is 58.1 Å². The zero-order chi connectivity index (χ0) is 29.5. The van der Waals surface area contributed by atoms with Gasteiger partial charge in [0.2, 0.25) is 0 Å². The van der Waals surface area contributed by atoms with Crippen molar-refractivity contribution < 1.29 is 41.8 Å². The summed E-state index contributed by atoms with van der Waals surface area (Å²) in [7, 11) is 0. The highest BCUT2D eigenvalue weighted by Crippen LogP contribution is 2.43. The van der Waals surface area contributed by atoms with Crippen LogP contribution in [0, 0.1) is 5.82 Å². The molecule has 41 heavy (non-hydrogen) atoms. The number of aromatic nitrogens is 2. The van der Waals surface area contributed by atoms with Crippen molar-refractivity contribution in [1.82, 2.24) is 9.78 Å². The molecule has 1 fully saturated rings. The van der Waals surface area contributed by atoms with Gasteiger partial charge in [0.25, 0.3) is 11.8 Å². The standard InChI is InChI=1S/C28H24F4N4O5/c1-2-35-25-21(23(27(39)40)34-36(25)19-10-12-41-13-11-19)20(15-6-8-18(29)9-7-15)22(26(35)38)33-24(37)16-4-3-5-17(14-16)28(30,31)32/h3-9,14,19-20H,2,10-13H2,1H3,(H,39,40)/t20-/m0/s1. The molecule has 5 rings (SSSR count). The van der Waals surface area contributed by atoms with Gasteiger partial charge in [-0.25, -0.2) is 18.9 Å². The average molecular weight is 573 g/mol. The number of alkyl halides is 3. The number of aliphatic imine (C=N–C) groups is 1. The lowest BCUT2D eigenvalue weighted by Crippen LogP contribution is -2.46. The zero-order valence-corrected chi connectivity index (χ0v) is 21.7. The van der Waals surface area contributed by atoms with Gasteiger partial charge in [-0.2, -0.15) is 18.3 Å². The number of anilines is 1. The van der Waals surface area contributed by atoms with Crippen LogP contribution >= 0.6 is 0 Å². The van der Waals surface area contributed by atoms with Crippen molar-refractivity contribution in [2.45, 2.75) is 37.9 Å². The van der Waals surface area contributed by atoms with Gasteiger partial charge in [0.1, 0.15) is 17.3 Å². The SMILES string of the molecule is CCN1C(=O)C(=NC(=O)c2cccc(C(F)(F)F)c2)[C@@H](c2ccc(F)cc2)c2c(C(=O)O)nn(C3CCOCC3)c21. The zero-order valence-electron chi connectivity index (χ0n) is 21.7. The molecule has 9 nitrogen and oxygen atoms in total. The molecule has 2 aliphatic heterocycles. The van der Waals surface area contributed by atoms with E-state index in [1.165, 1.54) is 21.7 Å². The summed E-state index contributed by atoms with van der Waals surface area (Å²) in [5, 5.41) is 14.5. The van der Waals surface area contributed by atoms with Crippen molar-refractivity contribution in [2.75, 3.05) is 24.7 Å². The molecule has 2 aromatic carbocycles. The summed E-state index contributed by atoms with van der Waals surface area (Å²) in [6.07, 6.45) is -3.70. The summed E-state index contributed by atoms with van der Waals surface area (Å²) in [4.78, 5) is 44.9. The number of halogens is 4. The molecule has 0 saturated carbocycles. The highest BCUT2D eigenvalue weighted by molar-refractivity contribution is 6.49. The third-order valence-corrected chi connectivity index (χ3v) is 7.12. The Balaban J connectivity index is 1.74. The van der Waals surface area contributed by atoms with Crippen molar-refractivity contribution in [3.8, 4) is 0 Å². The second-order valence-electron chi connectivity index (χ2n) is 9.59. The van der Waals surface area contributed by atoms with Crippen molar-refractivity contribution in [3.63, 3.8) is 0 Å². The Bertz CT molecular complexity index is 1540. The molecule has 0 spiro atoms. The first kappa shape index (κ1) is 28.1. The number of nitrogens with zero attached hydrogens (tertiary/aromatic N) is 4. The van der Waals surface area contributed by atoms with Crippen molar-refractivity contribution in [1.29, 1.82) is 0 Å². The Labute approximate surface area is 231 Å². The molecular formula is C28H24F4N4O5. The molecule has 0 bridgehead atoms. The fourth-order valence-corrected chi connectivity index (χ4v) is 5.20. The van der Waals surface area contributed by atoms with Crippen LogP contribution in [0.2, 0.25) is 0 Å². The first-order chi connectivity index (χ1) is 19.5. The van der Waals surface area contributed by atoms with E-state index in [4.69, 9.17) is 4.74 Å². The van der Waals surface area contributed by atoms with Crippen molar-refractivity contribution in [2.24, 2.45) is 4.99 Å². The van der Waals surface area contributed by atoms with Gasteiger partial charge in [0.15, 0.2) is 5.69 Å². The number of fused-ring (bicyclic) bond motifs is 1. The summed E-state index contributed by atoms with van der Waals surface area (Å²) >= 11 is 0. The minimum atomic E-state index is -4.72. The molecule has 1 saturated heterocycles.